The number of ether oxygens (including phenoxy) is 1. The smallest absolute Gasteiger partial charge is 0.0798 e. The average molecular weight is 268 g/mol. The summed E-state index contributed by atoms with van der Waals surface area (Å²) in [6.45, 7) is 13.5. The SMILES string of the molecule is CCc1nn(CCOC(C)(C)C)c(CC)c1C(C)O. The quantitative estimate of drug-likeness (QED) is 0.863. The third-order valence-electron chi connectivity index (χ3n) is 3.10. The van der Waals surface area contributed by atoms with Crippen molar-refractivity contribution in [3.8, 4) is 0 Å². The Morgan fingerprint density at radius 2 is 1.89 bits per heavy atom. The summed E-state index contributed by atoms with van der Waals surface area (Å²) in [4.78, 5) is 0. The Balaban J connectivity index is 2.89. The highest BCUT2D eigenvalue weighted by molar-refractivity contribution is 5.28. The predicted octanol–water partition coefficient (Wildman–Crippen LogP) is 2.88. The minimum Gasteiger partial charge on any atom is -0.389 e. The molecule has 0 spiro atoms. The normalized spacial score (nSPS) is 13.8. The molecular weight excluding hydrogens is 240 g/mol. The minimum absolute atomic E-state index is 0.125. The van der Waals surface area contributed by atoms with Gasteiger partial charge in [0.1, 0.15) is 0 Å². The number of hydrogen-bond acceptors (Lipinski definition) is 3. The van der Waals surface area contributed by atoms with Gasteiger partial charge in [-0.25, -0.2) is 0 Å². The van der Waals surface area contributed by atoms with Gasteiger partial charge >= 0.3 is 0 Å². The van der Waals surface area contributed by atoms with Gasteiger partial charge in [-0.2, -0.15) is 5.10 Å². The largest absolute Gasteiger partial charge is 0.389 e. The van der Waals surface area contributed by atoms with Crippen LogP contribution in [0.25, 0.3) is 0 Å². The van der Waals surface area contributed by atoms with Gasteiger partial charge in [-0.1, -0.05) is 13.8 Å². The second-order valence-electron chi connectivity index (χ2n) is 5.87. The van der Waals surface area contributed by atoms with E-state index in [0.29, 0.717) is 6.61 Å². The predicted molar refractivity (Wildman–Crippen MR) is 77.3 cm³/mol. The number of nitrogens with zero attached hydrogens (tertiary/aromatic N) is 2. The molecule has 0 aliphatic heterocycles. The molecular formula is C15H28N2O2. The Kier molecular flexibility index (Phi) is 5.56. The molecule has 110 valence electrons. The van der Waals surface area contributed by atoms with Crippen LogP contribution in [0.5, 0.6) is 0 Å². The van der Waals surface area contributed by atoms with Crippen LogP contribution in [0.4, 0.5) is 0 Å². The highest BCUT2D eigenvalue weighted by Crippen LogP contribution is 2.23. The molecule has 1 aromatic heterocycles. The van der Waals surface area contributed by atoms with E-state index in [1.165, 1.54) is 0 Å². The second-order valence-corrected chi connectivity index (χ2v) is 5.87. The Hall–Kier alpha value is -0.870. The van der Waals surface area contributed by atoms with Crippen molar-refractivity contribution in [2.45, 2.75) is 72.6 Å². The zero-order valence-electron chi connectivity index (χ0n) is 13.2. The zero-order chi connectivity index (χ0) is 14.6. The molecule has 0 fully saturated rings. The van der Waals surface area contributed by atoms with Crippen molar-refractivity contribution in [3.63, 3.8) is 0 Å². The number of rotatable bonds is 6. The second kappa shape index (κ2) is 6.53. The summed E-state index contributed by atoms with van der Waals surface area (Å²) in [7, 11) is 0. The van der Waals surface area contributed by atoms with Crippen molar-refractivity contribution in [2.24, 2.45) is 0 Å². The molecule has 0 aliphatic rings. The van der Waals surface area contributed by atoms with Crippen LogP contribution in [0.3, 0.4) is 0 Å². The monoisotopic (exact) mass is 268 g/mol. The molecule has 4 heteroatoms. The van der Waals surface area contributed by atoms with E-state index in [-0.39, 0.29) is 5.60 Å². The molecule has 1 atom stereocenters. The van der Waals surface area contributed by atoms with Crippen molar-refractivity contribution in [1.82, 2.24) is 9.78 Å². The fourth-order valence-electron chi connectivity index (χ4n) is 2.31. The minimum atomic E-state index is -0.456. The molecule has 4 nitrogen and oxygen atoms in total. The van der Waals surface area contributed by atoms with E-state index < -0.39 is 6.10 Å². The van der Waals surface area contributed by atoms with Crippen LogP contribution in [0.2, 0.25) is 0 Å². The van der Waals surface area contributed by atoms with Crippen LogP contribution in [0.15, 0.2) is 0 Å². The summed E-state index contributed by atoms with van der Waals surface area (Å²) >= 11 is 0. The van der Waals surface area contributed by atoms with Crippen LogP contribution in [0, 0.1) is 0 Å². The van der Waals surface area contributed by atoms with Crippen molar-refractivity contribution >= 4 is 0 Å². The third kappa shape index (κ3) is 4.32. The molecule has 19 heavy (non-hydrogen) atoms. The molecule has 0 saturated heterocycles. The van der Waals surface area contributed by atoms with Crippen LogP contribution >= 0.6 is 0 Å². The summed E-state index contributed by atoms with van der Waals surface area (Å²) in [6.07, 6.45) is 1.27. The number of aliphatic hydroxyl groups is 1. The van der Waals surface area contributed by atoms with E-state index in [4.69, 9.17) is 4.74 Å². The lowest BCUT2D eigenvalue weighted by molar-refractivity contribution is -0.00819. The van der Waals surface area contributed by atoms with E-state index >= 15 is 0 Å². The van der Waals surface area contributed by atoms with E-state index in [0.717, 1.165) is 36.3 Å². The molecule has 0 aromatic carbocycles. The summed E-state index contributed by atoms with van der Waals surface area (Å²) in [5, 5.41) is 14.5. The summed E-state index contributed by atoms with van der Waals surface area (Å²) in [6, 6.07) is 0. The lowest BCUT2D eigenvalue weighted by Crippen LogP contribution is -2.22. The lowest BCUT2D eigenvalue weighted by Gasteiger charge is -2.19. The highest BCUT2D eigenvalue weighted by Gasteiger charge is 2.19. The Bertz CT molecular complexity index is 403. The first-order valence-electron chi connectivity index (χ1n) is 7.20. The van der Waals surface area contributed by atoms with E-state index in [2.05, 4.69) is 39.7 Å². The van der Waals surface area contributed by atoms with Gasteiger partial charge in [0.15, 0.2) is 0 Å². The van der Waals surface area contributed by atoms with Crippen LogP contribution in [-0.4, -0.2) is 27.1 Å². The first-order chi connectivity index (χ1) is 8.80. The molecule has 1 rings (SSSR count). The highest BCUT2D eigenvalue weighted by atomic mass is 16.5. The Labute approximate surface area is 116 Å². The molecule has 0 radical (unpaired) electrons. The zero-order valence-corrected chi connectivity index (χ0v) is 13.2. The molecule has 1 unspecified atom stereocenters. The Morgan fingerprint density at radius 3 is 2.32 bits per heavy atom. The molecule has 0 bridgehead atoms. The number of aliphatic hydroxyl groups excluding tert-OH is 1. The molecule has 1 aromatic rings. The summed E-state index contributed by atoms with van der Waals surface area (Å²) < 4.78 is 7.75. The van der Waals surface area contributed by atoms with Gasteiger partial charge in [0.05, 0.1) is 30.6 Å². The average Bonchev–Trinajstić information content (AvgIpc) is 2.65. The maximum Gasteiger partial charge on any atom is 0.0798 e. The third-order valence-corrected chi connectivity index (χ3v) is 3.10. The van der Waals surface area contributed by atoms with Crippen LogP contribution in [-0.2, 0) is 24.1 Å². The number of aromatic nitrogens is 2. The first kappa shape index (κ1) is 16.2. The van der Waals surface area contributed by atoms with Gasteiger partial charge in [0.25, 0.3) is 0 Å². The van der Waals surface area contributed by atoms with Gasteiger partial charge in [-0.05, 0) is 40.5 Å². The van der Waals surface area contributed by atoms with Crippen LogP contribution in [0.1, 0.15) is 64.6 Å². The lowest BCUT2D eigenvalue weighted by atomic mass is 10.0. The van der Waals surface area contributed by atoms with E-state index in [1.54, 1.807) is 0 Å². The number of aryl methyl sites for hydroxylation is 1. The van der Waals surface area contributed by atoms with Crippen molar-refractivity contribution in [2.75, 3.05) is 6.61 Å². The van der Waals surface area contributed by atoms with Gasteiger partial charge in [-0.3, -0.25) is 4.68 Å². The standard InChI is InChI=1S/C15H28N2O2/c1-7-12-14(11(3)18)13(8-2)17(16-12)9-10-19-15(4,5)6/h11,18H,7-10H2,1-6H3. The van der Waals surface area contributed by atoms with Crippen molar-refractivity contribution in [3.05, 3.63) is 17.0 Å². The topological polar surface area (TPSA) is 47.3 Å². The summed E-state index contributed by atoms with van der Waals surface area (Å²) in [5.74, 6) is 0. The van der Waals surface area contributed by atoms with Gasteiger partial charge in [0.2, 0.25) is 0 Å². The van der Waals surface area contributed by atoms with Crippen LogP contribution < -0.4 is 0 Å². The molecule has 0 aliphatic carbocycles. The molecule has 1 N–H and O–H groups in total. The fourth-order valence-corrected chi connectivity index (χ4v) is 2.31. The molecule has 1 heterocycles. The first-order valence-corrected chi connectivity index (χ1v) is 7.20. The van der Waals surface area contributed by atoms with Crippen molar-refractivity contribution < 1.29 is 9.84 Å². The van der Waals surface area contributed by atoms with E-state index in [1.807, 2.05) is 11.6 Å². The number of hydrogen-bond donors (Lipinski definition) is 1. The molecule has 0 amide bonds. The van der Waals surface area contributed by atoms with E-state index in [9.17, 15) is 5.11 Å². The Morgan fingerprint density at radius 1 is 1.26 bits per heavy atom. The maximum absolute atomic E-state index is 9.93. The molecule has 0 saturated carbocycles. The van der Waals surface area contributed by atoms with Gasteiger partial charge < -0.3 is 9.84 Å². The van der Waals surface area contributed by atoms with Crippen molar-refractivity contribution in [1.29, 1.82) is 0 Å². The van der Waals surface area contributed by atoms with Gasteiger partial charge in [0, 0.05) is 11.3 Å². The fraction of sp³-hybridized carbons (Fsp3) is 0.800. The van der Waals surface area contributed by atoms with Gasteiger partial charge in [-0.15, -0.1) is 0 Å². The maximum atomic E-state index is 9.93. The summed E-state index contributed by atoms with van der Waals surface area (Å²) in [5.41, 5.74) is 3.01.